The van der Waals surface area contributed by atoms with Crippen LogP contribution in [0.4, 0.5) is 17.6 Å². The topological polar surface area (TPSA) is 50.8 Å². The van der Waals surface area contributed by atoms with Gasteiger partial charge in [-0.05, 0) is 12.1 Å². The quantitative estimate of drug-likeness (QED) is 0.278. The molecule has 0 heterocycles. The molecule has 4 nitrogen and oxygen atoms in total. The highest BCUT2D eigenvalue weighted by Gasteiger charge is 2.28. The molecule has 0 fully saturated rings. The first-order chi connectivity index (χ1) is 10.1. The minimum atomic E-state index is -1.78. The predicted octanol–water partition coefficient (Wildman–Crippen LogP) is 3.27. The largest absolute Gasteiger partial charge is 0.691 e. The van der Waals surface area contributed by atoms with Crippen LogP contribution in [0.5, 0.6) is 11.5 Å². The minimum absolute atomic E-state index is 0.0198. The second kappa shape index (κ2) is 6.76. The van der Waals surface area contributed by atoms with Crippen LogP contribution < -0.4 is 9.99 Å². The lowest BCUT2D eigenvalue weighted by Gasteiger charge is -2.12. The lowest BCUT2D eigenvalue weighted by Crippen LogP contribution is -2.05. The van der Waals surface area contributed by atoms with E-state index >= 15 is 0 Å². The molecule has 0 radical (unpaired) electrons. The van der Waals surface area contributed by atoms with E-state index < -0.39 is 33.9 Å². The van der Waals surface area contributed by atoms with E-state index in [-0.39, 0.29) is 17.8 Å². The minimum Gasteiger partial charge on any atom is -0.691 e. The molecule has 112 valence electrons. The molecule has 21 heavy (non-hydrogen) atoms. The zero-order valence-corrected chi connectivity index (χ0v) is 10.8. The van der Waals surface area contributed by atoms with Crippen LogP contribution in [0.25, 0.3) is 0 Å². The van der Waals surface area contributed by atoms with Gasteiger partial charge in [-0.3, -0.25) is 5.04 Å². The van der Waals surface area contributed by atoms with Gasteiger partial charge in [-0.2, -0.15) is 13.1 Å². The summed E-state index contributed by atoms with van der Waals surface area (Å²) in [6.07, 6.45) is 0. The molecule has 0 aliphatic carbocycles. The molecular weight excluding hydrogens is 316 g/mol. The Balaban J connectivity index is 2.43. The van der Waals surface area contributed by atoms with Gasteiger partial charge in [0, 0.05) is 0 Å². The smallest absolute Gasteiger partial charge is 0.205 e. The van der Waals surface area contributed by atoms with Crippen molar-refractivity contribution in [3.8, 4) is 11.5 Å². The lowest BCUT2D eigenvalue weighted by molar-refractivity contribution is -0.777. The van der Waals surface area contributed by atoms with E-state index in [2.05, 4.69) is 9.37 Å². The van der Waals surface area contributed by atoms with Gasteiger partial charge in [0.05, 0.1) is 12.0 Å². The highest BCUT2D eigenvalue weighted by molar-refractivity contribution is 7.94. The summed E-state index contributed by atoms with van der Waals surface area (Å²) in [7, 11) is 0. The molecule has 2 aromatic carbocycles. The third-order valence-electron chi connectivity index (χ3n) is 2.29. The predicted molar refractivity (Wildman–Crippen MR) is 60.8 cm³/mol. The number of rotatable bonds is 5. The zero-order valence-electron chi connectivity index (χ0n) is 9.94. The fourth-order valence-electron chi connectivity index (χ4n) is 1.41. The van der Waals surface area contributed by atoms with Crippen LogP contribution in [0.1, 0.15) is 0 Å². The molecule has 0 aromatic heterocycles. The molecule has 0 bridgehead atoms. The molecule has 9 heteroatoms. The fraction of sp³-hybridized carbons (Fsp3) is 0. The third-order valence-corrected chi connectivity index (χ3v) is 2.94. The van der Waals surface area contributed by atoms with E-state index in [9.17, 15) is 22.8 Å². The van der Waals surface area contributed by atoms with Gasteiger partial charge in [0.1, 0.15) is 10.6 Å². The molecule has 0 unspecified atom stereocenters. The van der Waals surface area contributed by atoms with Crippen LogP contribution in [0.2, 0.25) is 0 Å². The van der Waals surface area contributed by atoms with Crippen molar-refractivity contribution in [2.75, 3.05) is 0 Å². The molecule has 0 aliphatic heterocycles. The standard InChI is InChI=1S/C12H6F4O4S/c13-7-9(15)12(21-20-19-17)10(16)8(14)11(7)18-6-4-2-1-3-5-6/h1-5,17H/p-1. The monoisotopic (exact) mass is 321 g/mol. The summed E-state index contributed by atoms with van der Waals surface area (Å²) in [5.41, 5.74) is 0. The maximum Gasteiger partial charge on any atom is 0.205 e. The van der Waals surface area contributed by atoms with Crippen molar-refractivity contribution in [1.29, 1.82) is 0 Å². The Morgan fingerprint density at radius 2 is 1.43 bits per heavy atom. The number of halogens is 4. The van der Waals surface area contributed by atoms with Crippen LogP contribution in [-0.2, 0) is 9.37 Å². The van der Waals surface area contributed by atoms with Crippen molar-refractivity contribution in [3.63, 3.8) is 0 Å². The summed E-state index contributed by atoms with van der Waals surface area (Å²) in [6, 6.07) is 7.29. The SMILES string of the molecule is [O-]OOSc1c(F)c(F)c(Oc2ccccc2)c(F)c1F. The summed E-state index contributed by atoms with van der Waals surface area (Å²) in [5.74, 6) is -8.36. The Morgan fingerprint density at radius 3 is 1.95 bits per heavy atom. The lowest BCUT2D eigenvalue weighted by atomic mass is 10.2. The Labute approximate surface area is 119 Å². The number of para-hydroxylation sites is 1. The van der Waals surface area contributed by atoms with Crippen molar-refractivity contribution >= 4 is 12.0 Å². The van der Waals surface area contributed by atoms with Crippen LogP contribution in [-0.4, -0.2) is 0 Å². The summed E-state index contributed by atoms with van der Waals surface area (Å²) in [6.45, 7) is 0. The summed E-state index contributed by atoms with van der Waals surface area (Å²) in [5, 5.41) is 12.5. The molecule has 2 rings (SSSR count). The van der Waals surface area contributed by atoms with Gasteiger partial charge in [-0.25, -0.2) is 8.78 Å². The second-order valence-corrected chi connectivity index (χ2v) is 4.26. The molecule has 2 aromatic rings. The van der Waals surface area contributed by atoms with Crippen molar-refractivity contribution in [2.45, 2.75) is 4.90 Å². The third kappa shape index (κ3) is 3.27. The van der Waals surface area contributed by atoms with Gasteiger partial charge in [0.25, 0.3) is 0 Å². The highest BCUT2D eigenvalue weighted by Crippen LogP contribution is 2.37. The molecule has 0 saturated heterocycles. The van der Waals surface area contributed by atoms with Gasteiger partial charge >= 0.3 is 0 Å². The van der Waals surface area contributed by atoms with Gasteiger partial charge in [-0.1, -0.05) is 18.2 Å². The normalized spacial score (nSPS) is 10.7. The van der Waals surface area contributed by atoms with E-state index in [0.717, 1.165) is 0 Å². The van der Waals surface area contributed by atoms with Crippen LogP contribution in [0.15, 0.2) is 35.2 Å². The number of hydrogen-bond acceptors (Lipinski definition) is 5. The fourth-order valence-corrected chi connectivity index (χ4v) is 1.83. The van der Waals surface area contributed by atoms with Crippen LogP contribution in [0, 0.1) is 23.3 Å². The summed E-state index contributed by atoms with van der Waals surface area (Å²) < 4.78 is 63.1. The Kier molecular flexibility index (Phi) is 5.02. The molecule has 0 amide bonds. The van der Waals surface area contributed by atoms with E-state index in [1.165, 1.54) is 24.3 Å². The van der Waals surface area contributed by atoms with Gasteiger partial charge in [-0.15, -0.1) is 0 Å². The van der Waals surface area contributed by atoms with E-state index in [1.54, 1.807) is 6.07 Å². The molecule has 0 saturated carbocycles. The van der Waals surface area contributed by atoms with Crippen LogP contribution in [0.3, 0.4) is 0 Å². The first-order valence-corrected chi connectivity index (χ1v) is 6.02. The Hall–Kier alpha value is -1.81. The van der Waals surface area contributed by atoms with Gasteiger partial charge < -0.3 is 9.99 Å². The van der Waals surface area contributed by atoms with Crippen molar-refractivity contribution in [3.05, 3.63) is 53.6 Å². The van der Waals surface area contributed by atoms with Crippen molar-refractivity contribution in [2.24, 2.45) is 0 Å². The Bertz CT molecular complexity index is 610. The molecule has 0 spiro atoms. The van der Waals surface area contributed by atoms with E-state index in [4.69, 9.17) is 4.74 Å². The molecular formula is C12H5F4O4S-. The number of hydrogen-bond donors (Lipinski definition) is 0. The summed E-state index contributed by atoms with van der Waals surface area (Å²) in [4.78, 5) is -1.21. The second-order valence-electron chi connectivity index (χ2n) is 3.55. The van der Waals surface area contributed by atoms with Gasteiger partial charge in [0.15, 0.2) is 11.6 Å². The van der Waals surface area contributed by atoms with Gasteiger partial charge in [0.2, 0.25) is 17.4 Å². The average Bonchev–Trinajstić information content (AvgIpc) is 2.51. The first kappa shape index (κ1) is 15.6. The van der Waals surface area contributed by atoms with E-state index in [1.807, 2.05) is 0 Å². The van der Waals surface area contributed by atoms with Crippen molar-refractivity contribution < 1.29 is 36.9 Å². The molecule has 0 atom stereocenters. The van der Waals surface area contributed by atoms with Crippen molar-refractivity contribution in [1.82, 2.24) is 0 Å². The Morgan fingerprint density at radius 1 is 0.857 bits per heavy atom. The average molecular weight is 321 g/mol. The first-order valence-electron chi connectivity index (χ1n) is 5.28. The zero-order chi connectivity index (χ0) is 15.4. The maximum atomic E-state index is 13.7. The summed E-state index contributed by atoms with van der Waals surface area (Å²) >= 11 is -0.303. The number of benzene rings is 2. The molecule has 0 N–H and O–H groups in total. The van der Waals surface area contributed by atoms with Crippen LogP contribution >= 0.6 is 12.0 Å². The number of ether oxygens (including phenoxy) is 1. The molecule has 0 aliphatic rings. The maximum absolute atomic E-state index is 13.7. The van der Waals surface area contributed by atoms with E-state index in [0.29, 0.717) is 0 Å². The highest BCUT2D eigenvalue weighted by atomic mass is 32.2.